The Morgan fingerprint density at radius 3 is 2.35 bits per heavy atom. The molecule has 0 rings (SSSR count). The van der Waals surface area contributed by atoms with E-state index < -0.39 is 0 Å². The number of hydrogen-bond acceptors (Lipinski definition) is 3. The van der Waals surface area contributed by atoms with Crippen molar-refractivity contribution >= 4 is 27.1 Å². The molecule has 4 heteroatoms. The van der Waals surface area contributed by atoms with Gasteiger partial charge in [0, 0.05) is 35.3 Å². The number of ether oxygens (including phenoxy) is 1. The minimum absolute atomic E-state index is 0.318. The summed E-state index contributed by atoms with van der Waals surface area (Å²) in [6.45, 7) is 2.24. The Balaban J connectivity index is 3.22. The van der Waals surface area contributed by atoms with Crippen LogP contribution in [-0.2, 0) is 9.53 Å². The quantitative estimate of drug-likeness (QED) is 0.429. The van der Waals surface area contributed by atoms with Gasteiger partial charge in [0.2, 0.25) is 0 Å². The van der Waals surface area contributed by atoms with Crippen molar-refractivity contribution in [2.24, 2.45) is 0 Å². The number of carbonyl (C=O) groups excluding carboxylic acids is 1. The second-order valence-electron chi connectivity index (χ2n) is 4.60. The number of rotatable bonds is 11. The fraction of sp³-hybridized carbons (Fsp3) is 0.923. The summed E-state index contributed by atoms with van der Waals surface area (Å²) in [4.78, 5) is 11.5. The second kappa shape index (κ2) is 12.6. The molecule has 0 amide bonds. The molecule has 0 heterocycles. The van der Waals surface area contributed by atoms with Crippen molar-refractivity contribution in [1.29, 1.82) is 0 Å². The third kappa shape index (κ3) is 12.4. The molecule has 1 atom stereocenters. The number of carbonyl (C=O) groups is 1. The van der Waals surface area contributed by atoms with Gasteiger partial charge < -0.3 is 4.74 Å². The largest absolute Gasteiger partial charge is 0.385 e. The van der Waals surface area contributed by atoms with Crippen molar-refractivity contribution in [2.45, 2.75) is 64.0 Å². The predicted octanol–water partition coefficient (Wildman–Crippen LogP) is 2.72. The Kier molecular flexibility index (Phi) is 12.8. The lowest BCUT2D eigenvalue weighted by molar-refractivity contribution is -0.111. The first-order valence-corrected chi connectivity index (χ1v) is 9.03. The van der Waals surface area contributed by atoms with Crippen LogP contribution >= 0.6 is 11.8 Å². The van der Waals surface area contributed by atoms with Gasteiger partial charge in [-0.15, -0.1) is 0 Å². The highest BCUT2D eigenvalue weighted by Crippen LogP contribution is 2.13. The van der Waals surface area contributed by atoms with E-state index in [1.54, 1.807) is 7.11 Å². The third-order valence-corrected chi connectivity index (χ3v) is 5.50. The monoisotopic (exact) mass is 276 g/mol. The number of methoxy groups -OCH3 is 1. The average Bonchev–Trinajstić information content (AvgIpc) is 2.34. The SMILES string of the molecule is CCCCCCCCCC(=O)SCC([SiH3])OC. The molecule has 2 nitrogen and oxygen atoms in total. The molecule has 0 saturated carbocycles. The molecule has 0 aromatic carbocycles. The number of thioether (sulfide) groups is 1. The zero-order valence-corrected chi connectivity index (χ0v) is 14.5. The fourth-order valence-corrected chi connectivity index (χ4v) is 2.92. The lowest BCUT2D eigenvalue weighted by Gasteiger charge is -2.07. The summed E-state index contributed by atoms with van der Waals surface area (Å²) in [6.07, 6.45) is 9.66. The molecule has 0 saturated heterocycles. The number of unbranched alkanes of at least 4 members (excludes halogenated alkanes) is 6. The molecular formula is C13H28O2SSi. The molecule has 0 aromatic heterocycles. The zero-order chi connectivity index (χ0) is 12.9. The Labute approximate surface area is 114 Å². The van der Waals surface area contributed by atoms with Gasteiger partial charge in [-0.05, 0) is 6.42 Å². The lowest BCUT2D eigenvalue weighted by Crippen LogP contribution is -2.14. The van der Waals surface area contributed by atoms with Crippen molar-refractivity contribution in [3.8, 4) is 0 Å². The lowest BCUT2D eigenvalue weighted by atomic mass is 10.1. The summed E-state index contributed by atoms with van der Waals surface area (Å²) in [5.74, 6) is 0.845. The van der Waals surface area contributed by atoms with E-state index in [0.29, 0.717) is 10.8 Å². The molecule has 102 valence electrons. The highest BCUT2D eigenvalue weighted by molar-refractivity contribution is 8.13. The van der Waals surface area contributed by atoms with Crippen LogP contribution in [-0.4, -0.2) is 33.9 Å². The molecule has 0 bridgehead atoms. The van der Waals surface area contributed by atoms with Gasteiger partial charge in [0.25, 0.3) is 0 Å². The van der Waals surface area contributed by atoms with Crippen LogP contribution in [0.5, 0.6) is 0 Å². The van der Waals surface area contributed by atoms with Gasteiger partial charge in [-0.1, -0.05) is 57.2 Å². The van der Waals surface area contributed by atoms with E-state index in [2.05, 4.69) is 6.92 Å². The molecule has 0 aliphatic rings. The minimum atomic E-state index is 0.318. The van der Waals surface area contributed by atoms with Gasteiger partial charge in [0.15, 0.2) is 5.12 Å². The van der Waals surface area contributed by atoms with E-state index >= 15 is 0 Å². The Hall–Kier alpha value is 0.197. The van der Waals surface area contributed by atoms with Crippen LogP contribution in [0.1, 0.15) is 58.3 Å². The maximum atomic E-state index is 11.5. The Morgan fingerprint density at radius 2 is 1.76 bits per heavy atom. The molecule has 0 aliphatic carbocycles. The highest BCUT2D eigenvalue weighted by atomic mass is 32.2. The van der Waals surface area contributed by atoms with E-state index in [4.69, 9.17) is 4.74 Å². The maximum absolute atomic E-state index is 11.5. The van der Waals surface area contributed by atoms with Crippen molar-refractivity contribution < 1.29 is 9.53 Å². The normalized spacial score (nSPS) is 12.8. The second-order valence-corrected chi connectivity index (χ2v) is 6.97. The molecule has 0 radical (unpaired) electrons. The minimum Gasteiger partial charge on any atom is -0.385 e. The third-order valence-electron chi connectivity index (χ3n) is 2.87. The van der Waals surface area contributed by atoms with Gasteiger partial charge in [-0.25, -0.2) is 0 Å². The molecule has 0 N–H and O–H groups in total. The van der Waals surface area contributed by atoms with Crippen LogP contribution < -0.4 is 0 Å². The molecule has 0 aliphatic heterocycles. The van der Waals surface area contributed by atoms with E-state index in [0.717, 1.165) is 28.8 Å². The first-order valence-electron chi connectivity index (χ1n) is 6.89. The Bertz CT molecular complexity index is 188. The summed E-state index contributed by atoms with van der Waals surface area (Å²) >= 11 is 1.45. The molecule has 0 aromatic rings. The summed E-state index contributed by atoms with van der Waals surface area (Å²) in [5, 5.41) is 0.344. The first kappa shape index (κ1) is 17.2. The van der Waals surface area contributed by atoms with E-state index in [1.807, 2.05) is 0 Å². The average molecular weight is 277 g/mol. The van der Waals surface area contributed by atoms with Gasteiger partial charge in [0.05, 0.1) is 0 Å². The van der Waals surface area contributed by atoms with Crippen LogP contribution in [0.2, 0.25) is 0 Å². The van der Waals surface area contributed by atoms with Crippen LogP contribution in [0.3, 0.4) is 0 Å². The maximum Gasteiger partial charge on any atom is 0.189 e. The van der Waals surface area contributed by atoms with E-state index in [-0.39, 0.29) is 0 Å². The fourth-order valence-electron chi connectivity index (χ4n) is 1.58. The molecule has 0 spiro atoms. The molecule has 1 unspecified atom stereocenters. The van der Waals surface area contributed by atoms with Crippen molar-refractivity contribution in [3.05, 3.63) is 0 Å². The van der Waals surface area contributed by atoms with Crippen LogP contribution in [0, 0.1) is 0 Å². The summed E-state index contributed by atoms with van der Waals surface area (Å²) in [7, 11) is 2.73. The van der Waals surface area contributed by atoms with Crippen LogP contribution in [0.4, 0.5) is 0 Å². The van der Waals surface area contributed by atoms with Gasteiger partial charge in [-0.3, -0.25) is 4.79 Å². The van der Waals surface area contributed by atoms with Crippen molar-refractivity contribution in [2.75, 3.05) is 12.9 Å². The highest BCUT2D eigenvalue weighted by Gasteiger charge is 2.06. The van der Waals surface area contributed by atoms with Gasteiger partial charge in [-0.2, -0.15) is 0 Å². The zero-order valence-electron chi connectivity index (χ0n) is 11.7. The predicted molar refractivity (Wildman–Crippen MR) is 80.8 cm³/mol. The van der Waals surface area contributed by atoms with Gasteiger partial charge in [0.1, 0.15) is 0 Å². The standard InChI is InChI=1S/C13H28O2SSi/c1-3-4-5-6-7-8-9-10-12(14)16-11-13(17)15-2/h13H,3-11H2,1-2,17H3. The summed E-state index contributed by atoms with van der Waals surface area (Å²) in [5.41, 5.74) is 0.318. The topological polar surface area (TPSA) is 26.3 Å². The summed E-state index contributed by atoms with van der Waals surface area (Å²) < 4.78 is 5.17. The molecule has 17 heavy (non-hydrogen) atoms. The van der Waals surface area contributed by atoms with Gasteiger partial charge >= 0.3 is 0 Å². The van der Waals surface area contributed by atoms with Crippen molar-refractivity contribution in [3.63, 3.8) is 0 Å². The van der Waals surface area contributed by atoms with Crippen LogP contribution in [0.25, 0.3) is 0 Å². The Morgan fingerprint density at radius 1 is 1.18 bits per heavy atom. The van der Waals surface area contributed by atoms with E-state index in [1.165, 1.54) is 50.3 Å². The van der Waals surface area contributed by atoms with E-state index in [9.17, 15) is 4.79 Å². The van der Waals surface area contributed by atoms with Crippen molar-refractivity contribution in [1.82, 2.24) is 0 Å². The molecular weight excluding hydrogens is 248 g/mol. The number of hydrogen-bond donors (Lipinski definition) is 0. The summed E-state index contributed by atoms with van der Waals surface area (Å²) in [6, 6.07) is 0. The van der Waals surface area contributed by atoms with Crippen LogP contribution in [0.15, 0.2) is 0 Å². The smallest absolute Gasteiger partial charge is 0.189 e. The first-order chi connectivity index (χ1) is 8.20. The molecule has 0 fully saturated rings.